The van der Waals surface area contributed by atoms with Crippen LogP contribution in [0.4, 0.5) is 0 Å². The van der Waals surface area contributed by atoms with Crippen LogP contribution in [0.5, 0.6) is 0 Å². The average Bonchev–Trinajstić information content (AvgIpc) is 3.35. The number of fused-ring (bicyclic) bond motifs is 2. The van der Waals surface area contributed by atoms with Gasteiger partial charge in [0, 0.05) is 23.3 Å². The largest absolute Gasteiger partial charge is 0.436 e. The Labute approximate surface area is 180 Å². The number of rotatable bonds is 4. The zero-order valence-corrected chi connectivity index (χ0v) is 17.5. The van der Waals surface area contributed by atoms with Gasteiger partial charge in [-0.1, -0.05) is 0 Å². The van der Waals surface area contributed by atoms with E-state index in [4.69, 9.17) is 8.83 Å². The van der Waals surface area contributed by atoms with E-state index < -0.39 is 20.2 Å². The quantitative estimate of drug-likeness (QED) is 0.368. The first-order valence-electron chi connectivity index (χ1n) is 8.95. The Kier molecular flexibility index (Phi) is 4.43. The molecule has 0 saturated carbocycles. The first-order valence-corrected chi connectivity index (χ1v) is 11.8. The predicted octanol–water partition coefficient (Wildman–Crippen LogP) is 3.80. The Balaban J connectivity index is 1.49. The Morgan fingerprint density at radius 1 is 0.594 bits per heavy atom. The van der Waals surface area contributed by atoms with Gasteiger partial charge in [0.25, 0.3) is 20.2 Å². The van der Waals surface area contributed by atoms with Crippen LogP contribution in [0.15, 0.2) is 79.3 Å². The van der Waals surface area contributed by atoms with Crippen LogP contribution in [0.1, 0.15) is 0 Å². The zero-order chi connectivity index (χ0) is 22.7. The molecular formula is C20H12N2O8S2. The van der Waals surface area contributed by atoms with Crippen molar-refractivity contribution in [2.24, 2.45) is 0 Å². The second-order valence-electron chi connectivity index (χ2n) is 6.82. The summed E-state index contributed by atoms with van der Waals surface area (Å²) >= 11 is 0. The molecule has 2 aromatic heterocycles. The van der Waals surface area contributed by atoms with E-state index in [9.17, 15) is 25.9 Å². The molecule has 0 atom stereocenters. The van der Waals surface area contributed by atoms with Crippen molar-refractivity contribution in [2.45, 2.75) is 9.79 Å². The molecule has 0 aliphatic heterocycles. The van der Waals surface area contributed by atoms with E-state index in [1.165, 1.54) is 36.4 Å². The third kappa shape index (κ3) is 3.65. The molecule has 5 rings (SSSR count). The highest BCUT2D eigenvalue weighted by molar-refractivity contribution is 7.86. The lowest BCUT2D eigenvalue weighted by molar-refractivity contribution is 0.481. The van der Waals surface area contributed by atoms with Gasteiger partial charge in [0.15, 0.2) is 11.2 Å². The van der Waals surface area contributed by atoms with Crippen molar-refractivity contribution in [1.29, 1.82) is 0 Å². The number of oxazole rings is 2. The summed E-state index contributed by atoms with van der Waals surface area (Å²) in [6.45, 7) is 0. The van der Waals surface area contributed by atoms with Crippen molar-refractivity contribution in [3.8, 4) is 22.9 Å². The first kappa shape index (κ1) is 20.3. The van der Waals surface area contributed by atoms with Gasteiger partial charge in [0.1, 0.15) is 11.0 Å². The van der Waals surface area contributed by atoms with Gasteiger partial charge in [-0.25, -0.2) is 9.97 Å². The van der Waals surface area contributed by atoms with E-state index >= 15 is 0 Å². The van der Waals surface area contributed by atoms with Crippen molar-refractivity contribution in [3.05, 3.63) is 60.7 Å². The lowest BCUT2D eigenvalue weighted by Crippen LogP contribution is -1.96. The van der Waals surface area contributed by atoms with Crippen LogP contribution in [0.25, 0.3) is 45.1 Å². The summed E-state index contributed by atoms with van der Waals surface area (Å²) in [6, 6.07) is 14.5. The summed E-state index contributed by atoms with van der Waals surface area (Å²) < 4.78 is 74.8. The number of nitrogens with zero attached hydrogens (tertiary/aromatic N) is 2. The van der Waals surface area contributed by atoms with Crippen LogP contribution in [-0.2, 0) is 20.2 Å². The molecule has 32 heavy (non-hydrogen) atoms. The predicted molar refractivity (Wildman–Crippen MR) is 112 cm³/mol. The Bertz CT molecular complexity index is 1590. The molecule has 10 nitrogen and oxygen atoms in total. The van der Waals surface area contributed by atoms with Crippen molar-refractivity contribution in [3.63, 3.8) is 0 Å². The molecule has 0 aliphatic carbocycles. The second-order valence-corrected chi connectivity index (χ2v) is 9.67. The van der Waals surface area contributed by atoms with Gasteiger partial charge in [0.2, 0.25) is 11.8 Å². The molecule has 12 heteroatoms. The molecule has 2 N–H and O–H groups in total. The van der Waals surface area contributed by atoms with Crippen LogP contribution in [0.3, 0.4) is 0 Å². The van der Waals surface area contributed by atoms with Crippen LogP contribution in [0.2, 0.25) is 0 Å². The standard InChI is InChI=1S/C20H12N2O8S2/c23-31(24,25)13-5-7-15-17(9-13)29-19(21-15)11-1-2-12(4-3-11)20-22-16-8-6-14(32(26,27)28)10-18(16)30-20/h1-10H,(H,23,24,25)(H,26,27,28). The van der Waals surface area contributed by atoms with Gasteiger partial charge < -0.3 is 8.83 Å². The third-order valence-electron chi connectivity index (χ3n) is 4.69. The molecule has 2 heterocycles. The maximum absolute atomic E-state index is 11.3. The molecule has 0 fully saturated rings. The number of aromatic nitrogens is 2. The molecule has 0 aliphatic rings. The van der Waals surface area contributed by atoms with E-state index in [0.29, 0.717) is 22.2 Å². The van der Waals surface area contributed by atoms with E-state index in [0.717, 1.165) is 0 Å². The van der Waals surface area contributed by atoms with Crippen LogP contribution in [0, 0.1) is 0 Å². The van der Waals surface area contributed by atoms with Crippen molar-refractivity contribution in [1.82, 2.24) is 9.97 Å². The molecule has 0 radical (unpaired) electrons. The number of hydrogen-bond donors (Lipinski definition) is 2. The van der Waals surface area contributed by atoms with Crippen molar-refractivity contribution >= 4 is 42.4 Å². The molecule has 0 saturated heterocycles. The van der Waals surface area contributed by atoms with Crippen molar-refractivity contribution in [2.75, 3.05) is 0 Å². The lowest BCUT2D eigenvalue weighted by atomic mass is 10.1. The van der Waals surface area contributed by atoms with Gasteiger partial charge in [-0.2, -0.15) is 16.8 Å². The SMILES string of the molecule is O=S(=O)(O)c1ccc2nc(-c3ccc(-c4nc5ccc(S(=O)(=O)O)cc5o4)cc3)oc2c1. The Hall–Kier alpha value is -3.58. The zero-order valence-electron chi connectivity index (χ0n) is 15.8. The monoisotopic (exact) mass is 472 g/mol. The number of hydrogen-bond acceptors (Lipinski definition) is 8. The summed E-state index contributed by atoms with van der Waals surface area (Å²) in [4.78, 5) is 8.04. The Morgan fingerprint density at radius 2 is 0.969 bits per heavy atom. The molecule has 0 bridgehead atoms. The van der Waals surface area contributed by atoms with E-state index in [2.05, 4.69) is 9.97 Å². The molecule has 3 aromatic carbocycles. The van der Waals surface area contributed by atoms with Gasteiger partial charge >= 0.3 is 0 Å². The Morgan fingerprint density at radius 3 is 1.31 bits per heavy atom. The normalized spacial score (nSPS) is 12.6. The highest BCUT2D eigenvalue weighted by Crippen LogP contribution is 2.30. The second kappa shape index (κ2) is 6.97. The maximum atomic E-state index is 11.3. The summed E-state index contributed by atoms with van der Waals surface area (Å²) in [5.74, 6) is 0.490. The maximum Gasteiger partial charge on any atom is 0.294 e. The average molecular weight is 472 g/mol. The van der Waals surface area contributed by atoms with Crippen molar-refractivity contribution < 1.29 is 34.8 Å². The summed E-state index contributed by atoms with van der Waals surface area (Å²) in [5, 5.41) is 0. The lowest BCUT2D eigenvalue weighted by Gasteiger charge is -1.98. The summed E-state index contributed by atoms with van der Waals surface area (Å²) in [5.41, 5.74) is 2.45. The van der Waals surface area contributed by atoms with E-state index in [1.54, 1.807) is 24.3 Å². The fraction of sp³-hybridized carbons (Fsp3) is 0. The van der Waals surface area contributed by atoms with Crippen LogP contribution in [-0.4, -0.2) is 35.9 Å². The van der Waals surface area contributed by atoms with Gasteiger partial charge in [-0.05, 0) is 48.5 Å². The molecule has 5 aromatic rings. The van der Waals surface area contributed by atoms with E-state index in [-0.39, 0.29) is 32.7 Å². The summed E-state index contributed by atoms with van der Waals surface area (Å²) in [7, 11) is -8.72. The molecule has 0 unspecified atom stereocenters. The minimum Gasteiger partial charge on any atom is -0.436 e. The van der Waals surface area contributed by atoms with Gasteiger partial charge in [0.05, 0.1) is 9.79 Å². The van der Waals surface area contributed by atoms with Gasteiger partial charge in [-0.3, -0.25) is 9.11 Å². The molecule has 0 spiro atoms. The summed E-state index contributed by atoms with van der Waals surface area (Å²) in [6.07, 6.45) is 0. The van der Waals surface area contributed by atoms with Crippen LogP contribution >= 0.6 is 0 Å². The topological polar surface area (TPSA) is 161 Å². The smallest absolute Gasteiger partial charge is 0.294 e. The minimum absolute atomic E-state index is 0.202. The highest BCUT2D eigenvalue weighted by atomic mass is 32.2. The number of benzene rings is 3. The molecule has 0 amide bonds. The fourth-order valence-electron chi connectivity index (χ4n) is 3.13. The van der Waals surface area contributed by atoms with Gasteiger partial charge in [-0.15, -0.1) is 0 Å². The van der Waals surface area contributed by atoms with Crippen LogP contribution < -0.4 is 0 Å². The first-order chi connectivity index (χ1) is 15.1. The van der Waals surface area contributed by atoms with E-state index in [1.807, 2.05) is 0 Å². The molecule has 162 valence electrons. The minimum atomic E-state index is -4.36. The third-order valence-corrected chi connectivity index (χ3v) is 6.39. The highest BCUT2D eigenvalue weighted by Gasteiger charge is 2.16. The molecular weight excluding hydrogens is 460 g/mol. The fourth-order valence-corrected chi connectivity index (χ4v) is 4.13.